The van der Waals surface area contributed by atoms with Gasteiger partial charge in [0.1, 0.15) is 5.69 Å². The molecule has 0 saturated heterocycles. The minimum atomic E-state index is 0.0400. The van der Waals surface area contributed by atoms with E-state index in [1.165, 1.54) is 30.7 Å². The summed E-state index contributed by atoms with van der Waals surface area (Å²) in [5, 5.41) is 12.9. The van der Waals surface area contributed by atoms with Crippen molar-refractivity contribution in [1.29, 1.82) is 10.9 Å². The molecule has 1 aromatic carbocycles. The van der Waals surface area contributed by atoms with Crippen molar-refractivity contribution in [3.05, 3.63) is 54.1 Å². The first-order valence-corrected chi connectivity index (χ1v) is 8.38. The van der Waals surface area contributed by atoms with Crippen molar-refractivity contribution in [3.8, 4) is 0 Å². The highest BCUT2D eigenvalue weighted by Crippen LogP contribution is 2.16. The van der Waals surface area contributed by atoms with Crippen molar-refractivity contribution < 1.29 is 0 Å². The van der Waals surface area contributed by atoms with Gasteiger partial charge in [0.25, 0.3) is 0 Å². The van der Waals surface area contributed by atoms with Gasteiger partial charge < -0.3 is 0 Å². The van der Waals surface area contributed by atoms with Crippen LogP contribution in [-0.2, 0) is 6.42 Å². The van der Waals surface area contributed by atoms with Crippen LogP contribution in [0.1, 0.15) is 50.4 Å². The molecule has 0 unspecified atom stereocenters. The first kappa shape index (κ1) is 17.7. The second-order valence-corrected chi connectivity index (χ2v) is 5.65. The summed E-state index contributed by atoms with van der Waals surface area (Å²) in [5.41, 5.74) is 9.33. The fraction of sp³-hybridized carbons (Fsp3) is 0.389. The molecule has 0 spiro atoms. The van der Waals surface area contributed by atoms with Gasteiger partial charge in [0, 0.05) is 6.20 Å². The standard InChI is InChI=1S/C18H24N6/c1-2-3-4-5-7-10-15-13-22-17(14-21-15)18(19)24(23-20)16-11-8-6-9-12-16/h6,8-9,11-14,19-20H,2-5,7,10H2,1H3. The summed E-state index contributed by atoms with van der Waals surface area (Å²) in [6, 6.07) is 9.15. The molecule has 0 aliphatic carbocycles. The number of unbranched alkanes of at least 4 members (excludes halogenated alkanes) is 4. The molecule has 0 atom stereocenters. The summed E-state index contributed by atoms with van der Waals surface area (Å²) < 4.78 is 0. The molecule has 0 fully saturated rings. The first-order chi connectivity index (χ1) is 11.8. The number of nitrogens with one attached hydrogen (secondary N) is 2. The molecular formula is C18H24N6. The Morgan fingerprint density at radius 1 is 1.04 bits per heavy atom. The predicted octanol–water partition coefficient (Wildman–Crippen LogP) is 4.77. The summed E-state index contributed by atoms with van der Waals surface area (Å²) in [5.74, 6) is 0.0400. The van der Waals surface area contributed by atoms with Crippen molar-refractivity contribution in [2.24, 2.45) is 5.22 Å². The van der Waals surface area contributed by atoms with Crippen LogP contribution in [0.25, 0.3) is 0 Å². The number of anilines is 1. The SMILES string of the molecule is CCCCCCCc1cnc(C(=N)N(N=N)c2ccccc2)cn1. The maximum absolute atomic E-state index is 8.22. The largest absolute Gasteiger partial charge is 0.281 e. The highest BCUT2D eigenvalue weighted by atomic mass is 15.5. The Bertz CT molecular complexity index is 638. The highest BCUT2D eigenvalue weighted by Gasteiger charge is 2.15. The molecule has 1 aromatic heterocycles. The smallest absolute Gasteiger partial charge is 0.175 e. The molecule has 0 amide bonds. The van der Waals surface area contributed by atoms with Crippen molar-refractivity contribution in [3.63, 3.8) is 0 Å². The van der Waals surface area contributed by atoms with Crippen LogP contribution in [0.3, 0.4) is 0 Å². The molecule has 0 bridgehead atoms. The van der Waals surface area contributed by atoms with Crippen LogP contribution in [0.15, 0.2) is 47.9 Å². The zero-order chi connectivity index (χ0) is 17.2. The van der Waals surface area contributed by atoms with E-state index in [0.717, 1.165) is 18.5 Å². The van der Waals surface area contributed by atoms with Gasteiger partial charge in [-0.15, -0.1) is 0 Å². The van der Waals surface area contributed by atoms with Crippen LogP contribution >= 0.6 is 0 Å². The predicted molar refractivity (Wildman–Crippen MR) is 95.4 cm³/mol. The normalized spacial score (nSPS) is 10.4. The van der Waals surface area contributed by atoms with Gasteiger partial charge in [-0.2, -0.15) is 10.5 Å². The van der Waals surface area contributed by atoms with Crippen LogP contribution in [0.4, 0.5) is 5.69 Å². The lowest BCUT2D eigenvalue weighted by molar-refractivity contribution is 0.627. The van der Waals surface area contributed by atoms with Crippen LogP contribution < -0.4 is 5.01 Å². The van der Waals surface area contributed by atoms with Crippen molar-refractivity contribution >= 4 is 11.5 Å². The lowest BCUT2D eigenvalue weighted by Gasteiger charge is -2.16. The maximum Gasteiger partial charge on any atom is 0.175 e. The molecule has 0 aliphatic rings. The van der Waals surface area contributed by atoms with Crippen molar-refractivity contribution in [1.82, 2.24) is 9.97 Å². The number of hydrogen-bond donors (Lipinski definition) is 2. The van der Waals surface area contributed by atoms with Gasteiger partial charge in [0.2, 0.25) is 0 Å². The minimum absolute atomic E-state index is 0.0400. The topological polar surface area (TPSA) is 89.1 Å². The molecule has 0 saturated carbocycles. The number of aromatic nitrogens is 2. The average Bonchev–Trinajstić information content (AvgIpc) is 2.63. The van der Waals surface area contributed by atoms with Gasteiger partial charge in [-0.25, -0.2) is 4.98 Å². The van der Waals surface area contributed by atoms with Crippen molar-refractivity contribution in [2.45, 2.75) is 45.4 Å². The number of hydrogen-bond acceptors (Lipinski definition) is 5. The Balaban J connectivity index is 1.96. The fourth-order valence-electron chi connectivity index (χ4n) is 2.43. The number of nitrogens with zero attached hydrogens (tertiary/aromatic N) is 4. The Kier molecular flexibility index (Phi) is 7.01. The summed E-state index contributed by atoms with van der Waals surface area (Å²) in [6.45, 7) is 2.21. The summed E-state index contributed by atoms with van der Waals surface area (Å²) >= 11 is 0. The summed E-state index contributed by atoms with van der Waals surface area (Å²) in [7, 11) is 0. The lowest BCUT2D eigenvalue weighted by Crippen LogP contribution is -2.26. The molecule has 2 aromatic rings. The Labute approximate surface area is 142 Å². The van der Waals surface area contributed by atoms with Crippen LogP contribution in [0, 0.1) is 10.9 Å². The van der Waals surface area contributed by atoms with Gasteiger partial charge in [-0.3, -0.25) is 10.4 Å². The fourth-order valence-corrected chi connectivity index (χ4v) is 2.43. The third kappa shape index (κ3) is 4.94. The van der Waals surface area contributed by atoms with Gasteiger partial charge in [0.05, 0.1) is 17.6 Å². The zero-order valence-electron chi connectivity index (χ0n) is 14.1. The summed E-state index contributed by atoms with van der Waals surface area (Å²) in [6.07, 6.45) is 10.3. The van der Waals surface area contributed by atoms with E-state index in [4.69, 9.17) is 10.9 Å². The number of benzene rings is 1. The van der Waals surface area contributed by atoms with E-state index in [0.29, 0.717) is 11.4 Å². The number of aryl methyl sites for hydroxylation is 1. The Hall–Kier alpha value is -2.63. The Morgan fingerprint density at radius 3 is 2.42 bits per heavy atom. The van der Waals surface area contributed by atoms with Crippen LogP contribution in [-0.4, -0.2) is 15.8 Å². The highest BCUT2D eigenvalue weighted by molar-refractivity contribution is 6.05. The van der Waals surface area contributed by atoms with E-state index in [1.54, 1.807) is 24.5 Å². The molecule has 6 nitrogen and oxygen atoms in total. The Morgan fingerprint density at radius 2 is 1.79 bits per heavy atom. The van der Waals surface area contributed by atoms with Gasteiger partial charge >= 0.3 is 0 Å². The zero-order valence-corrected chi connectivity index (χ0v) is 14.1. The van der Waals surface area contributed by atoms with E-state index in [1.807, 2.05) is 18.2 Å². The molecule has 126 valence electrons. The molecule has 6 heteroatoms. The number of para-hydroxylation sites is 1. The van der Waals surface area contributed by atoms with Gasteiger partial charge in [-0.05, 0) is 25.0 Å². The third-order valence-electron chi connectivity index (χ3n) is 3.80. The average molecular weight is 324 g/mol. The van der Waals surface area contributed by atoms with Crippen LogP contribution in [0.5, 0.6) is 0 Å². The molecule has 24 heavy (non-hydrogen) atoms. The summed E-state index contributed by atoms with van der Waals surface area (Å²) in [4.78, 5) is 8.71. The van der Waals surface area contributed by atoms with Crippen LogP contribution in [0.2, 0.25) is 0 Å². The lowest BCUT2D eigenvalue weighted by atomic mass is 10.1. The van der Waals surface area contributed by atoms with Gasteiger partial charge in [0.15, 0.2) is 5.84 Å². The van der Waals surface area contributed by atoms with E-state index < -0.39 is 0 Å². The van der Waals surface area contributed by atoms with E-state index in [2.05, 4.69) is 22.1 Å². The number of rotatable bonds is 9. The maximum atomic E-state index is 8.22. The van der Waals surface area contributed by atoms with E-state index in [9.17, 15) is 0 Å². The quantitative estimate of drug-likeness (QED) is 0.229. The van der Waals surface area contributed by atoms with E-state index >= 15 is 0 Å². The molecule has 0 aliphatic heterocycles. The monoisotopic (exact) mass is 324 g/mol. The second-order valence-electron chi connectivity index (χ2n) is 5.65. The molecule has 2 rings (SSSR count). The van der Waals surface area contributed by atoms with E-state index in [-0.39, 0.29) is 5.84 Å². The second kappa shape index (κ2) is 9.50. The first-order valence-electron chi connectivity index (χ1n) is 8.38. The minimum Gasteiger partial charge on any atom is -0.281 e. The third-order valence-corrected chi connectivity index (χ3v) is 3.80. The molecular weight excluding hydrogens is 300 g/mol. The molecule has 0 radical (unpaired) electrons. The van der Waals surface area contributed by atoms with Crippen molar-refractivity contribution in [2.75, 3.05) is 5.01 Å². The molecule has 1 heterocycles. The molecule has 2 N–H and O–H groups in total. The van der Waals surface area contributed by atoms with Gasteiger partial charge in [-0.1, -0.05) is 56.0 Å². The number of amidine groups is 1.